The smallest absolute Gasteiger partial charge is 0.284 e. The normalized spacial score (nSPS) is 20.0. The van der Waals surface area contributed by atoms with E-state index in [-0.39, 0.29) is 36.5 Å². The molecule has 1 aliphatic heterocycles. The number of piperazine rings is 1. The summed E-state index contributed by atoms with van der Waals surface area (Å²) in [5, 5.41) is 12.8. The van der Waals surface area contributed by atoms with E-state index >= 15 is 0 Å². The fraction of sp³-hybridized carbons (Fsp3) is 0.531. The van der Waals surface area contributed by atoms with Crippen molar-refractivity contribution >= 4 is 46.9 Å². The maximum atomic E-state index is 13.3. The van der Waals surface area contributed by atoms with Gasteiger partial charge < -0.3 is 30.1 Å². The molecule has 1 aliphatic carbocycles. The summed E-state index contributed by atoms with van der Waals surface area (Å²) < 4.78 is 33.9. The van der Waals surface area contributed by atoms with E-state index in [9.17, 15) is 28.0 Å². The molecule has 3 amide bonds. The summed E-state index contributed by atoms with van der Waals surface area (Å²) in [6, 6.07) is 5.40. The van der Waals surface area contributed by atoms with Crippen LogP contribution in [0.5, 0.6) is 0 Å². The van der Waals surface area contributed by atoms with E-state index in [2.05, 4.69) is 30.8 Å². The molecule has 3 aromatic rings. The highest BCUT2D eigenvalue weighted by atomic mass is 19.3. The molecule has 3 N–H and O–H groups in total. The van der Waals surface area contributed by atoms with Crippen LogP contribution in [0.1, 0.15) is 68.2 Å². The van der Waals surface area contributed by atoms with E-state index in [1.807, 2.05) is 6.07 Å². The maximum absolute atomic E-state index is 13.3. The van der Waals surface area contributed by atoms with Gasteiger partial charge in [-0.1, -0.05) is 0 Å². The maximum Gasteiger partial charge on any atom is 0.284 e. The van der Waals surface area contributed by atoms with Crippen molar-refractivity contribution in [1.29, 1.82) is 0 Å². The van der Waals surface area contributed by atoms with Crippen LogP contribution in [0.2, 0.25) is 0 Å². The van der Waals surface area contributed by atoms with E-state index in [1.54, 1.807) is 30.1 Å². The molecule has 0 spiro atoms. The molecule has 248 valence electrons. The number of likely N-dealkylation sites (N-methyl/N-ethyl adjacent to an activating group) is 1. The van der Waals surface area contributed by atoms with Crippen molar-refractivity contribution in [3.63, 3.8) is 0 Å². The van der Waals surface area contributed by atoms with Crippen LogP contribution >= 0.6 is 0 Å². The van der Waals surface area contributed by atoms with Gasteiger partial charge >= 0.3 is 0 Å². The number of hydrogen-bond donors (Lipinski definition) is 3. The molecule has 2 aromatic heterocycles. The Kier molecular flexibility index (Phi) is 11.1. The first kappa shape index (κ1) is 33.2. The molecule has 12 nitrogen and oxygen atoms in total. The van der Waals surface area contributed by atoms with Gasteiger partial charge in [-0.15, -0.1) is 0 Å². The van der Waals surface area contributed by atoms with Gasteiger partial charge in [0.1, 0.15) is 11.9 Å². The number of carbonyl (C=O) groups excluding carboxylic acids is 4. The molecule has 1 aromatic carbocycles. The summed E-state index contributed by atoms with van der Waals surface area (Å²) in [5.74, 6) is -0.293. The lowest BCUT2D eigenvalue weighted by atomic mass is 9.85. The lowest BCUT2D eigenvalue weighted by molar-refractivity contribution is -0.122. The van der Waals surface area contributed by atoms with E-state index < -0.39 is 18.0 Å². The molecular weight excluding hydrogens is 600 g/mol. The Balaban J connectivity index is 1.06. The molecule has 1 saturated carbocycles. The predicted octanol–water partition coefficient (Wildman–Crippen LogP) is 3.93. The molecular formula is C32H41F2N7O5. The van der Waals surface area contributed by atoms with Crippen LogP contribution in [0.15, 0.2) is 35.1 Å². The Labute approximate surface area is 265 Å². The molecule has 1 saturated heterocycles. The zero-order valence-corrected chi connectivity index (χ0v) is 25.9. The fourth-order valence-corrected chi connectivity index (χ4v) is 6.65. The van der Waals surface area contributed by atoms with Crippen LogP contribution in [-0.2, 0) is 19.2 Å². The number of aldehydes is 1. The van der Waals surface area contributed by atoms with Gasteiger partial charge in [0.05, 0.1) is 30.5 Å². The molecule has 3 heterocycles. The minimum absolute atomic E-state index is 0.0368. The number of nitrogens with zero attached hydrogens (tertiary/aromatic N) is 4. The molecule has 46 heavy (non-hydrogen) atoms. The van der Waals surface area contributed by atoms with Crippen molar-refractivity contribution in [1.82, 2.24) is 24.9 Å². The standard InChI is InChI=1S/C32H41F2N7O5/c1-35-32(45)25(3-2-14-42)26-19-46-28-15-22(6-9-24(26)28)37-29(44)18-40-12-10-39(11-13-40)16-21-4-7-23(8-5-21)41-17-27(36-20-43)30(38-41)31(33)34/h6,9,14-15,17,19-21,23,25,31H,2-5,7-8,10-13,16,18H2,1H3,(H,35,45)(H,36,43)(H,37,44). The number of aromatic nitrogens is 2. The number of alkyl halides is 2. The SMILES string of the molecule is CNC(=O)C(CCC=O)c1coc2cc(NC(=O)CN3CCN(CC4CCC(n5cc(NC=O)c(C(F)F)n5)CC4)CC3)ccc12. The molecule has 2 fully saturated rings. The van der Waals surface area contributed by atoms with Crippen LogP contribution in [0.25, 0.3) is 11.0 Å². The third kappa shape index (κ3) is 7.97. The summed E-state index contributed by atoms with van der Waals surface area (Å²) in [6.07, 6.45) is 5.76. The van der Waals surface area contributed by atoms with Crippen LogP contribution in [0, 0.1) is 5.92 Å². The number of carbonyl (C=O) groups is 4. The van der Waals surface area contributed by atoms with Crippen LogP contribution in [0.4, 0.5) is 20.2 Å². The summed E-state index contributed by atoms with van der Waals surface area (Å²) in [4.78, 5) is 51.5. The van der Waals surface area contributed by atoms with E-state index in [4.69, 9.17) is 4.42 Å². The van der Waals surface area contributed by atoms with Gasteiger partial charge in [-0.2, -0.15) is 5.10 Å². The summed E-state index contributed by atoms with van der Waals surface area (Å²) in [6.45, 7) is 4.52. The second-order valence-electron chi connectivity index (χ2n) is 12.1. The number of hydrogen-bond acceptors (Lipinski definition) is 8. The molecule has 14 heteroatoms. The van der Waals surface area contributed by atoms with Crippen LogP contribution in [-0.4, -0.2) is 90.4 Å². The van der Waals surface area contributed by atoms with Gasteiger partial charge in [-0.25, -0.2) is 8.78 Å². The van der Waals surface area contributed by atoms with Crippen molar-refractivity contribution in [3.05, 3.63) is 41.9 Å². The van der Waals surface area contributed by atoms with Crippen molar-refractivity contribution in [2.24, 2.45) is 5.92 Å². The van der Waals surface area contributed by atoms with Gasteiger partial charge in [0, 0.05) is 75.1 Å². The summed E-state index contributed by atoms with van der Waals surface area (Å²) in [5.41, 5.74) is 1.54. The monoisotopic (exact) mass is 641 g/mol. The number of anilines is 2. The number of fused-ring (bicyclic) bond motifs is 1. The van der Waals surface area contributed by atoms with Gasteiger partial charge in [0.25, 0.3) is 6.43 Å². The predicted molar refractivity (Wildman–Crippen MR) is 168 cm³/mol. The molecule has 0 bridgehead atoms. The number of furan rings is 1. The number of halogens is 2. The number of nitrogens with one attached hydrogen (secondary N) is 3. The largest absolute Gasteiger partial charge is 0.464 e. The van der Waals surface area contributed by atoms with Crippen molar-refractivity contribution in [3.8, 4) is 0 Å². The average molecular weight is 642 g/mol. The van der Waals surface area contributed by atoms with Crippen LogP contribution < -0.4 is 16.0 Å². The first-order valence-electron chi connectivity index (χ1n) is 15.8. The van der Waals surface area contributed by atoms with Crippen molar-refractivity contribution in [2.75, 3.05) is 56.9 Å². The quantitative estimate of drug-likeness (QED) is 0.225. The van der Waals surface area contributed by atoms with Gasteiger partial charge in [-0.05, 0) is 50.2 Å². The minimum atomic E-state index is -2.75. The Hall–Kier alpha value is -4.17. The van der Waals surface area contributed by atoms with Crippen molar-refractivity contribution < 1.29 is 32.4 Å². The second kappa shape index (κ2) is 15.4. The number of rotatable bonds is 14. The minimum Gasteiger partial charge on any atom is -0.464 e. The van der Waals surface area contributed by atoms with Gasteiger partial charge in [-0.3, -0.25) is 24.0 Å². The van der Waals surface area contributed by atoms with Gasteiger partial charge in [0.2, 0.25) is 18.2 Å². The first-order valence-corrected chi connectivity index (χ1v) is 15.8. The van der Waals surface area contributed by atoms with E-state index in [0.717, 1.165) is 70.1 Å². The summed E-state index contributed by atoms with van der Waals surface area (Å²) >= 11 is 0. The fourth-order valence-electron chi connectivity index (χ4n) is 6.65. The Bertz CT molecular complexity index is 1510. The third-order valence-electron chi connectivity index (χ3n) is 9.12. The molecule has 1 unspecified atom stereocenters. The molecule has 2 aliphatic rings. The molecule has 5 rings (SSSR count). The number of benzene rings is 1. The highest BCUT2D eigenvalue weighted by Gasteiger charge is 2.29. The summed E-state index contributed by atoms with van der Waals surface area (Å²) in [7, 11) is 1.56. The zero-order valence-electron chi connectivity index (χ0n) is 25.9. The van der Waals surface area contributed by atoms with E-state index in [1.165, 1.54) is 6.20 Å². The third-order valence-corrected chi connectivity index (χ3v) is 9.12. The second-order valence-corrected chi connectivity index (χ2v) is 12.1. The molecule has 1 atom stereocenters. The zero-order chi connectivity index (χ0) is 32.6. The van der Waals surface area contributed by atoms with Crippen LogP contribution in [0.3, 0.4) is 0 Å². The highest BCUT2D eigenvalue weighted by Crippen LogP contribution is 2.35. The Morgan fingerprint density at radius 3 is 2.50 bits per heavy atom. The average Bonchev–Trinajstić information content (AvgIpc) is 3.67. The van der Waals surface area contributed by atoms with Gasteiger partial charge in [0.15, 0.2) is 5.69 Å². The Morgan fingerprint density at radius 1 is 1.09 bits per heavy atom. The lowest BCUT2D eigenvalue weighted by Gasteiger charge is -2.38. The van der Waals surface area contributed by atoms with Crippen molar-refractivity contribution in [2.45, 2.75) is 56.9 Å². The topological polar surface area (TPSA) is 142 Å². The highest BCUT2D eigenvalue weighted by molar-refractivity contribution is 5.96. The Morgan fingerprint density at radius 2 is 1.83 bits per heavy atom. The first-order chi connectivity index (χ1) is 22.3. The van der Waals surface area contributed by atoms with E-state index in [0.29, 0.717) is 35.6 Å². The molecule has 0 radical (unpaired) electrons. The lowest BCUT2D eigenvalue weighted by Crippen LogP contribution is -2.49. The number of amides is 3.